The van der Waals surface area contributed by atoms with E-state index in [0.29, 0.717) is 18.5 Å². The lowest BCUT2D eigenvalue weighted by Gasteiger charge is -2.23. The number of amides is 5. The van der Waals surface area contributed by atoms with Gasteiger partial charge in [0, 0.05) is 45.6 Å². The number of anilines is 1. The number of benzene rings is 1. The number of nitrogens with one attached hydrogen (secondary N) is 3. The van der Waals surface area contributed by atoms with Crippen molar-refractivity contribution in [3.63, 3.8) is 0 Å². The number of ether oxygens (including phenoxy) is 1. The summed E-state index contributed by atoms with van der Waals surface area (Å²) in [5.41, 5.74) is 6.35. The van der Waals surface area contributed by atoms with Gasteiger partial charge in [0.1, 0.15) is 6.61 Å². The molecule has 11 heteroatoms. The van der Waals surface area contributed by atoms with Crippen LogP contribution in [-0.4, -0.2) is 61.3 Å². The van der Waals surface area contributed by atoms with E-state index in [0.717, 1.165) is 5.56 Å². The number of urea groups is 1. The third-order valence-electron chi connectivity index (χ3n) is 5.17. The lowest BCUT2D eigenvalue weighted by Crippen LogP contribution is -2.44. The molecule has 5 N–H and O–H groups in total. The lowest BCUT2D eigenvalue weighted by molar-refractivity contribution is -0.130. The Morgan fingerprint density at radius 2 is 1.69 bits per heavy atom. The molecule has 0 saturated carbocycles. The average molecular weight is 492 g/mol. The first kappa shape index (κ1) is 29.4. The van der Waals surface area contributed by atoms with Gasteiger partial charge in [0.15, 0.2) is 5.78 Å². The molecule has 0 aliphatic rings. The number of carbonyl (C=O) groups is 5. The van der Waals surface area contributed by atoms with Crippen molar-refractivity contribution in [1.82, 2.24) is 15.5 Å². The second-order valence-electron chi connectivity index (χ2n) is 8.86. The molecule has 2 atom stereocenters. The van der Waals surface area contributed by atoms with Gasteiger partial charge in [0.05, 0.1) is 6.04 Å². The summed E-state index contributed by atoms with van der Waals surface area (Å²) < 4.78 is 5.13. The van der Waals surface area contributed by atoms with Crippen LogP contribution in [0.5, 0.6) is 0 Å². The molecule has 0 saturated heterocycles. The Morgan fingerprint density at radius 3 is 2.20 bits per heavy atom. The van der Waals surface area contributed by atoms with Crippen molar-refractivity contribution in [3.05, 3.63) is 29.8 Å². The van der Waals surface area contributed by atoms with E-state index in [2.05, 4.69) is 16.0 Å². The van der Waals surface area contributed by atoms with Crippen molar-refractivity contribution in [1.29, 1.82) is 0 Å². The van der Waals surface area contributed by atoms with Gasteiger partial charge in [0.2, 0.25) is 11.8 Å². The Kier molecular flexibility index (Phi) is 12.3. The van der Waals surface area contributed by atoms with Crippen molar-refractivity contribution in [2.75, 3.05) is 26.0 Å². The molecule has 0 bridgehead atoms. The smallest absolute Gasteiger partial charge is 0.409 e. The molecule has 0 fully saturated rings. The topological polar surface area (TPSA) is 160 Å². The van der Waals surface area contributed by atoms with Crippen molar-refractivity contribution < 1.29 is 28.7 Å². The summed E-state index contributed by atoms with van der Waals surface area (Å²) in [7, 11) is 3.18. The fourth-order valence-electron chi connectivity index (χ4n) is 3.30. The predicted octanol–water partition coefficient (Wildman–Crippen LogP) is 2.01. The molecule has 1 aromatic rings. The summed E-state index contributed by atoms with van der Waals surface area (Å²) >= 11 is 0. The summed E-state index contributed by atoms with van der Waals surface area (Å²) in [6, 6.07) is 5.44. The van der Waals surface area contributed by atoms with Crippen LogP contribution in [-0.2, 0) is 25.7 Å². The largest absolute Gasteiger partial charge is 0.445 e. The van der Waals surface area contributed by atoms with Crippen LogP contribution in [0, 0.1) is 11.8 Å². The van der Waals surface area contributed by atoms with E-state index >= 15 is 0 Å². The molecule has 11 nitrogen and oxygen atoms in total. The molecule has 0 heterocycles. The highest BCUT2D eigenvalue weighted by molar-refractivity contribution is 5.97. The number of Topliss-reactive ketones (excluding diaryl/α,β-unsaturated/α-hetero) is 1. The molecule has 35 heavy (non-hydrogen) atoms. The number of primary amides is 1. The number of rotatable bonds is 13. The van der Waals surface area contributed by atoms with Gasteiger partial charge in [0.25, 0.3) is 0 Å². The summed E-state index contributed by atoms with van der Waals surface area (Å²) in [5.74, 6) is -1.72. The fraction of sp³-hybridized carbons (Fsp3) is 0.542. The number of nitrogens with zero attached hydrogens (tertiary/aromatic N) is 1. The SMILES string of the molecule is CC(=O)N[C@H](C(=O)C[C@@H](CCCNC(N)=O)C(=O)Nc1ccc(COC(=O)N(C)C)cc1)C(C)C. The number of nitrogens with two attached hydrogens (primary N) is 1. The Balaban J connectivity index is 2.86. The van der Waals surface area contributed by atoms with Crippen molar-refractivity contribution in [3.8, 4) is 0 Å². The minimum Gasteiger partial charge on any atom is -0.445 e. The zero-order valence-corrected chi connectivity index (χ0v) is 21.1. The minimum absolute atomic E-state index is 0.0654. The van der Waals surface area contributed by atoms with Gasteiger partial charge < -0.3 is 31.3 Å². The Bertz CT molecular complexity index is 885. The van der Waals surface area contributed by atoms with E-state index in [1.54, 1.807) is 38.4 Å². The van der Waals surface area contributed by atoms with Crippen LogP contribution in [0.4, 0.5) is 15.3 Å². The Labute approximate surface area is 206 Å². The zero-order valence-electron chi connectivity index (χ0n) is 21.1. The summed E-state index contributed by atoms with van der Waals surface area (Å²) in [5, 5.41) is 7.93. The molecule has 0 aromatic heterocycles. The molecule has 0 unspecified atom stereocenters. The quantitative estimate of drug-likeness (QED) is 0.309. The van der Waals surface area contributed by atoms with E-state index in [-0.39, 0.29) is 43.1 Å². The van der Waals surface area contributed by atoms with Crippen molar-refractivity contribution >= 4 is 35.4 Å². The second-order valence-corrected chi connectivity index (χ2v) is 8.86. The van der Waals surface area contributed by atoms with Gasteiger partial charge >= 0.3 is 12.1 Å². The number of ketones is 1. The Morgan fingerprint density at radius 1 is 1.06 bits per heavy atom. The van der Waals surface area contributed by atoms with Gasteiger partial charge in [-0.15, -0.1) is 0 Å². The zero-order chi connectivity index (χ0) is 26.5. The van der Waals surface area contributed by atoms with Crippen LogP contribution in [0.2, 0.25) is 0 Å². The third-order valence-corrected chi connectivity index (χ3v) is 5.17. The molecular weight excluding hydrogens is 454 g/mol. The monoisotopic (exact) mass is 491 g/mol. The van der Waals surface area contributed by atoms with Crippen LogP contribution in [0.25, 0.3) is 0 Å². The highest BCUT2D eigenvalue weighted by Crippen LogP contribution is 2.19. The maximum atomic E-state index is 13.0. The molecular formula is C24H37N5O6. The van der Waals surface area contributed by atoms with Crippen molar-refractivity contribution in [2.45, 2.75) is 52.7 Å². The predicted molar refractivity (Wildman–Crippen MR) is 131 cm³/mol. The highest BCUT2D eigenvalue weighted by Gasteiger charge is 2.28. The molecule has 194 valence electrons. The summed E-state index contributed by atoms with van der Waals surface area (Å²) in [4.78, 5) is 61.3. The molecule has 1 aromatic carbocycles. The third kappa shape index (κ3) is 11.4. The first-order valence-corrected chi connectivity index (χ1v) is 11.5. The van der Waals surface area contributed by atoms with E-state index in [1.807, 2.05) is 13.8 Å². The maximum Gasteiger partial charge on any atom is 0.409 e. The fourth-order valence-corrected chi connectivity index (χ4v) is 3.30. The van der Waals surface area contributed by atoms with E-state index in [4.69, 9.17) is 10.5 Å². The van der Waals surface area contributed by atoms with Crippen molar-refractivity contribution in [2.24, 2.45) is 17.6 Å². The van der Waals surface area contributed by atoms with Gasteiger partial charge in [-0.2, -0.15) is 0 Å². The maximum absolute atomic E-state index is 13.0. The molecule has 0 aliphatic heterocycles. The molecule has 0 radical (unpaired) electrons. The number of hydrogen-bond acceptors (Lipinski definition) is 6. The van der Waals surface area contributed by atoms with Gasteiger partial charge in [-0.1, -0.05) is 26.0 Å². The molecule has 0 spiro atoms. The first-order chi connectivity index (χ1) is 16.4. The number of carbonyl (C=O) groups excluding carboxylic acids is 5. The van der Waals surface area contributed by atoms with Crippen LogP contribution in [0.15, 0.2) is 24.3 Å². The Hall–Kier alpha value is -3.63. The van der Waals surface area contributed by atoms with E-state index in [1.165, 1.54) is 11.8 Å². The average Bonchev–Trinajstić information content (AvgIpc) is 2.77. The molecule has 0 aliphatic carbocycles. The van der Waals surface area contributed by atoms with Gasteiger partial charge in [-0.25, -0.2) is 9.59 Å². The standard InChI is InChI=1S/C24H37N5O6/c1-15(2)21(27-16(3)30)20(31)13-18(7-6-12-26-23(25)33)22(32)28-19-10-8-17(9-11-19)14-35-24(34)29(4)5/h8-11,15,18,21H,6-7,12-14H2,1-5H3,(H,27,30)(H,28,32)(H3,25,26,33)/t18-,21+/m1/s1. The lowest BCUT2D eigenvalue weighted by atomic mass is 9.89. The minimum atomic E-state index is -0.698. The summed E-state index contributed by atoms with van der Waals surface area (Å²) in [6.07, 6.45) is 0.252. The first-order valence-electron chi connectivity index (χ1n) is 11.5. The van der Waals surface area contributed by atoms with Gasteiger partial charge in [-0.05, 0) is 36.5 Å². The molecule has 5 amide bonds. The van der Waals surface area contributed by atoms with Crippen LogP contribution in [0.3, 0.4) is 0 Å². The normalized spacial score (nSPS) is 12.3. The highest BCUT2D eigenvalue weighted by atomic mass is 16.6. The van der Waals surface area contributed by atoms with E-state index < -0.39 is 24.1 Å². The van der Waals surface area contributed by atoms with Crippen LogP contribution < -0.4 is 21.7 Å². The van der Waals surface area contributed by atoms with E-state index in [9.17, 15) is 24.0 Å². The van der Waals surface area contributed by atoms with Gasteiger partial charge in [-0.3, -0.25) is 14.4 Å². The summed E-state index contributed by atoms with van der Waals surface area (Å²) in [6.45, 7) is 5.35. The van der Waals surface area contributed by atoms with Crippen LogP contribution in [0.1, 0.15) is 45.6 Å². The molecule has 1 rings (SSSR count). The number of hydrogen-bond donors (Lipinski definition) is 4. The second kappa shape index (κ2) is 14.6. The van der Waals surface area contributed by atoms with Crippen LogP contribution >= 0.6 is 0 Å².